The largest absolute Gasteiger partial charge is 0.496 e. The van der Waals surface area contributed by atoms with Gasteiger partial charge in [0.05, 0.1) is 7.11 Å². The normalized spacial score (nSPS) is 14.8. The molecule has 0 bridgehead atoms. The second-order valence-corrected chi connectivity index (χ2v) is 4.48. The summed E-state index contributed by atoms with van der Waals surface area (Å²) < 4.78 is 5.33. The summed E-state index contributed by atoms with van der Waals surface area (Å²) in [6.45, 7) is 5.98. The van der Waals surface area contributed by atoms with Gasteiger partial charge in [0.15, 0.2) is 0 Å². The maximum atomic E-state index is 6.19. The van der Waals surface area contributed by atoms with Gasteiger partial charge < -0.3 is 10.5 Å². The second-order valence-electron chi connectivity index (χ2n) is 4.07. The van der Waals surface area contributed by atoms with E-state index in [2.05, 4.69) is 0 Å². The van der Waals surface area contributed by atoms with Gasteiger partial charge >= 0.3 is 0 Å². The zero-order chi connectivity index (χ0) is 11.6. The Morgan fingerprint density at radius 3 is 2.53 bits per heavy atom. The molecule has 3 heteroatoms. The molecule has 0 fully saturated rings. The number of aryl methyl sites for hydroxylation is 1. The smallest absolute Gasteiger partial charge is 0.124 e. The van der Waals surface area contributed by atoms with E-state index in [1.807, 2.05) is 32.9 Å². The molecule has 0 spiro atoms. The number of hydrogen-bond acceptors (Lipinski definition) is 2. The average molecular weight is 228 g/mol. The minimum atomic E-state index is -0.400. The second kappa shape index (κ2) is 4.42. The van der Waals surface area contributed by atoms with Crippen molar-refractivity contribution in [3.05, 3.63) is 28.3 Å². The van der Waals surface area contributed by atoms with Crippen LogP contribution in [0.4, 0.5) is 0 Å². The predicted molar refractivity (Wildman–Crippen MR) is 64.6 cm³/mol. The van der Waals surface area contributed by atoms with Crippen LogP contribution in [0.5, 0.6) is 5.75 Å². The van der Waals surface area contributed by atoms with E-state index >= 15 is 0 Å². The molecule has 15 heavy (non-hydrogen) atoms. The predicted octanol–water partition coefficient (Wildman–Crippen LogP) is 3.24. The minimum Gasteiger partial charge on any atom is -0.496 e. The van der Waals surface area contributed by atoms with Crippen LogP contribution in [0.1, 0.15) is 31.4 Å². The summed E-state index contributed by atoms with van der Waals surface area (Å²) in [5.74, 6) is 0.809. The van der Waals surface area contributed by atoms with Crippen LogP contribution < -0.4 is 10.5 Å². The maximum Gasteiger partial charge on any atom is 0.124 e. The van der Waals surface area contributed by atoms with Crippen molar-refractivity contribution in [2.24, 2.45) is 5.73 Å². The number of hydrogen-bond donors (Lipinski definition) is 1. The molecule has 84 valence electrons. The Hall–Kier alpha value is -0.730. The number of benzene rings is 1. The maximum absolute atomic E-state index is 6.19. The number of rotatable bonds is 3. The number of halogens is 1. The lowest BCUT2D eigenvalue weighted by atomic mass is 9.89. The van der Waals surface area contributed by atoms with E-state index in [4.69, 9.17) is 22.1 Å². The molecule has 0 aliphatic rings. The van der Waals surface area contributed by atoms with Gasteiger partial charge in [-0.2, -0.15) is 0 Å². The molecule has 0 aliphatic carbocycles. The molecule has 1 unspecified atom stereocenters. The molecule has 2 nitrogen and oxygen atoms in total. The lowest BCUT2D eigenvalue weighted by Gasteiger charge is -2.26. The summed E-state index contributed by atoms with van der Waals surface area (Å²) >= 11 is 6.09. The van der Waals surface area contributed by atoms with E-state index in [1.165, 1.54) is 0 Å². The molecule has 2 N–H and O–H groups in total. The van der Waals surface area contributed by atoms with Gasteiger partial charge in [0.2, 0.25) is 0 Å². The van der Waals surface area contributed by atoms with Crippen molar-refractivity contribution in [1.29, 1.82) is 0 Å². The fourth-order valence-corrected chi connectivity index (χ4v) is 1.62. The Labute approximate surface area is 96.4 Å². The highest BCUT2D eigenvalue weighted by Gasteiger charge is 2.23. The third-order valence-electron chi connectivity index (χ3n) is 2.83. The topological polar surface area (TPSA) is 35.2 Å². The van der Waals surface area contributed by atoms with Gasteiger partial charge in [-0.05, 0) is 38.0 Å². The molecule has 0 amide bonds. The summed E-state index contributed by atoms with van der Waals surface area (Å²) in [7, 11) is 1.65. The lowest BCUT2D eigenvalue weighted by Crippen LogP contribution is -2.32. The van der Waals surface area contributed by atoms with E-state index < -0.39 is 5.54 Å². The fraction of sp³-hybridized carbons (Fsp3) is 0.500. The molecule has 0 heterocycles. The van der Waals surface area contributed by atoms with Crippen molar-refractivity contribution in [2.75, 3.05) is 7.11 Å². The van der Waals surface area contributed by atoms with Crippen molar-refractivity contribution in [1.82, 2.24) is 0 Å². The first-order valence-corrected chi connectivity index (χ1v) is 5.43. The van der Waals surface area contributed by atoms with Gasteiger partial charge in [-0.25, -0.2) is 0 Å². The van der Waals surface area contributed by atoms with Crippen molar-refractivity contribution in [3.8, 4) is 5.75 Å². The number of methoxy groups -OCH3 is 1. The van der Waals surface area contributed by atoms with E-state index in [0.29, 0.717) is 0 Å². The summed E-state index contributed by atoms with van der Waals surface area (Å²) in [5, 5.41) is 0.732. The Morgan fingerprint density at radius 2 is 2.07 bits per heavy atom. The molecule has 1 atom stereocenters. The van der Waals surface area contributed by atoms with Crippen molar-refractivity contribution in [2.45, 2.75) is 32.7 Å². The summed E-state index contributed by atoms with van der Waals surface area (Å²) in [6, 6.07) is 3.83. The molecule has 0 aliphatic heterocycles. The van der Waals surface area contributed by atoms with Crippen LogP contribution in [-0.4, -0.2) is 7.11 Å². The third-order valence-corrected chi connectivity index (χ3v) is 3.24. The summed E-state index contributed by atoms with van der Waals surface area (Å²) in [5.41, 5.74) is 7.76. The average Bonchev–Trinajstić information content (AvgIpc) is 2.21. The number of nitrogens with two attached hydrogens (primary N) is 1. The zero-order valence-corrected chi connectivity index (χ0v) is 10.5. The lowest BCUT2D eigenvalue weighted by molar-refractivity contribution is 0.383. The van der Waals surface area contributed by atoms with Crippen molar-refractivity contribution < 1.29 is 4.74 Å². The van der Waals surface area contributed by atoms with E-state index in [0.717, 1.165) is 28.3 Å². The zero-order valence-electron chi connectivity index (χ0n) is 9.73. The van der Waals surface area contributed by atoms with Gasteiger partial charge in [0, 0.05) is 16.1 Å². The molecule has 1 rings (SSSR count). The standard InChI is InChI=1S/C12H18ClNO/c1-5-12(3,14)9-7-10(13)8(2)6-11(9)15-4/h6-7H,5,14H2,1-4H3. The molecule has 0 aromatic heterocycles. The highest BCUT2D eigenvalue weighted by molar-refractivity contribution is 6.31. The minimum absolute atomic E-state index is 0.400. The third kappa shape index (κ3) is 2.44. The van der Waals surface area contributed by atoms with Crippen molar-refractivity contribution in [3.63, 3.8) is 0 Å². The summed E-state index contributed by atoms with van der Waals surface area (Å²) in [4.78, 5) is 0. The van der Waals surface area contributed by atoms with Gasteiger partial charge in [0.1, 0.15) is 5.75 Å². The van der Waals surface area contributed by atoms with E-state index in [1.54, 1.807) is 7.11 Å². The van der Waals surface area contributed by atoms with Crippen LogP contribution in [0.25, 0.3) is 0 Å². The van der Waals surface area contributed by atoms with Crippen LogP contribution in [0.15, 0.2) is 12.1 Å². The first-order chi connectivity index (χ1) is 6.92. The van der Waals surface area contributed by atoms with Crippen molar-refractivity contribution >= 4 is 11.6 Å². The molecule has 0 saturated heterocycles. The Bertz CT molecular complexity index is 361. The molecular weight excluding hydrogens is 210 g/mol. The number of ether oxygens (including phenoxy) is 1. The van der Waals surface area contributed by atoms with Gasteiger partial charge in [0.25, 0.3) is 0 Å². The van der Waals surface area contributed by atoms with E-state index in [9.17, 15) is 0 Å². The van der Waals surface area contributed by atoms with Crippen LogP contribution in [-0.2, 0) is 5.54 Å². The first kappa shape index (κ1) is 12.3. The SMILES string of the molecule is CCC(C)(N)c1cc(Cl)c(C)cc1OC. The molecule has 0 saturated carbocycles. The Balaban J connectivity index is 3.34. The van der Waals surface area contributed by atoms with Crippen LogP contribution in [0.2, 0.25) is 5.02 Å². The molecule has 1 aromatic carbocycles. The van der Waals surface area contributed by atoms with Gasteiger partial charge in [-0.3, -0.25) is 0 Å². The monoisotopic (exact) mass is 227 g/mol. The quantitative estimate of drug-likeness (QED) is 0.861. The molecule has 1 aromatic rings. The fourth-order valence-electron chi connectivity index (χ4n) is 1.46. The first-order valence-electron chi connectivity index (χ1n) is 5.06. The van der Waals surface area contributed by atoms with Gasteiger partial charge in [-0.15, -0.1) is 0 Å². The van der Waals surface area contributed by atoms with Crippen LogP contribution >= 0.6 is 11.6 Å². The summed E-state index contributed by atoms with van der Waals surface area (Å²) in [6.07, 6.45) is 0.836. The highest BCUT2D eigenvalue weighted by atomic mass is 35.5. The van der Waals surface area contributed by atoms with E-state index in [-0.39, 0.29) is 0 Å². The Morgan fingerprint density at radius 1 is 1.47 bits per heavy atom. The van der Waals surface area contributed by atoms with Crippen LogP contribution in [0.3, 0.4) is 0 Å². The highest BCUT2D eigenvalue weighted by Crippen LogP contribution is 2.34. The molecule has 0 radical (unpaired) electrons. The molecular formula is C12H18ClNO. The van der Waals surface area contributed by atoms with Crippen LogP contribution in [0, 0.1) is 6.92 Å². The van der Waals surface area contributed by atoms with Gasteiger partial charge in [-0.1, -0.05) is 18.5 Å². The Kier molecular flexibility index (Phi) is 3.63.